The highest BCUT2D eigenvalue weighted by atomic mass is 35.5. The molecule has 0 radical (unpaired) electrons. The van der Waals surface area contributed by atoms with E-state index in [4.69, 9.17) is 21.1 Å². The van der Waals surface area contributed by atoms with Crippen LogP contribution in [0.4, 0.5) is 0 Å². The number of benzene rings is 2. The fourth-order valence-corrected chi connectivity index (χ4v) is 3.57. The molecule has 0 spiro atoms. The summed E-state index contributed by atoms with van der Waals surface area (Å²) in [6, 6.07) is 14.2. The molecule has 3 nitrogen and oxygen atoms in total. The minimum atomic E-state index is 0.239. The SMILES string of the molecule is CNC(CSc1cccc(Cl)c1)c1ccc2c(c1)OCO2. The van der Waals surface area contributed by atoms with E-state index in [1.807, 2.05) is 37.4 Å². The Hall–Kier alpha value is -1.36. The topological polar surface area (TPSA) is 30.5 Å². The molecular weight excluding hydrogens is 306 g/mol. The van der Waals surface area contributed by atoms with Crippen LogP contribution in [0.2, 0.25) is 5.02 Å². The van der Waals surface area contributed by atoms with Crippen LogP contribution >= 0.6 is 23.4 Å². The van der Waals surface area contributed by atoms with Gasteiger partial charge in [-0.3, -0.25) is 0 Å². The molecule has 1 aliphatic heterocycles. The first kappa shape index (κ1) is 14.6. The van der Waals surface area contributed by atoms with Gasteiger partial charge in [0.05, 0.1) is 0 Å². The van der Waals surface area contributed by atoms with Crippen molar-refractivity contribution in [3.8, 4) is 11.5 Å². The third-order valence-electron chi connectivity index (χ3n) is 3.36. The summed E-state index contributed by atoms with van der Waals surface area (Å²) in [7, 11) is 1.97. The van der Waals surface area contributed by atoms with Gasteiger partial charge in [-0.1, -0.05) is 23.7 Å². The number of nitrogens with one attached hydrogen (secondary N) is 1. The van der Waals surface area contributed by atoms with Gasteiger partial charge in [0.25, 0.3) is 0 Å². The smallest absolute Gasteiger partial charge is 0.231 e. The first-order valence-corrected chi connectivity index (χ1v) is 8.08. The lowest BCUT2D eigenvalue weighted by Crippen LogP contribution is -2.18. The summed E-state index contributed by atoms with van der Waals surface area (Å²) in [4.78, 5) is 1.17. The highest BCUT2D eigenvalue weighted by Crippen LogP contribution is 2.35. The minimum absolute atomic E-state index is 0.239. The summed E-state index contributed by atoms with van der Waals surface area (Å²) < 4.78 is 10.8. The zero-order valence-electron chi connectivity index (χ0n) is 11.6. The summed E-state index contributed by atoms with van der Waals surface area (Å²) in [6.07, 6.45) is 0. The van der Waals surface area contributed by atoms with E-state index in [0.717, 1.165) is 22.3 Å². The maximum atomic E-state index is 6.02. The van der Waals surface area contributed by atoms with Crippen LogP contribution < -0.4 is 14.8 Å². The second-order valence-corrected chi connectivity index (χ2v) is 6.25. The van der Waals surface area contributed by atoms with Gasteiger partial charge in [-0.2, -0.15) is 0 Å². The Morgan fingerprint density at radius 1 is 1.19 bits per heavy atom. The van der Waals surface area contributed by atoms with Crippen LogP contribution in [-0.4, -0.2) is 19.6 Å². The predicted octanol–water partition coefficient (Wildman–Crippen LogP) is 4.12. The summed E-state index contributed by atoms with van der Waals surface area (Å²) >= 11 is 7.79. The van der Waals surface area contributed by atoms with Gasteiger partial charge >= 0.3 is 0 Å². The maximum Gasteiger partial charge on any atom is 0.231 e. The summed E-state index contributed by atoms with van der Waals surface area (Å²) in [5, 5.41) is 4.11. The van der Waals surface area contributed by atoms with Crippen LogP contribution in [0.25, 0.3) is 0 Å². The van der Waals surface area contributed by atoms with E-state index in [1.54, 1.807) is 11.8 Å². The second-order valence-electron chi connectivity index (χ2n) is 4.72. The zero-order valence-corrected chi connectivity index (χ0v) is 13.2. The summed E-state index contributed by atoms with van der Waals surface area (Å²) in [5.41, 5.74) is 1.19. The molecule has 0 saturated carbocycles. The Kier molecular flexibility index (Phi) is 4.58. The van der Waals surface area contributed by atoms with Crippen LogP contribution in [-0.2, 0) is 0 Å². The molecule has 1 aliphatic rings. The lowest BCUT2D eigenvalue weighted by Gasteiger charge is -2.16. The molecule has 1 heterocycles. The van der Waals surface area contributed by atoms with Crippen molar-refractivity contribution >= 4 is 23.4 Å². The van der Waals surface area contributed by atoms with E-state index in [1.165, 1.54) is 10.5 Å². The number of thioether (sulfide) groups is 1. The zero-order chi connectivity index (χ0) is 14.7. The molecule has 0 amide bonds. The molecule has 3 rings (SSSR count). The second kappa shape index (κ2) is 6.60. The molecular formula is C16H16ClNO2S. The largest absolute Gasteiger partial charge is 0.454 e. The van der Waals surface area contributed by atoms with Gasteiger partial charge in [-0.05, 0) is 42.9 Å². The molecule has 0 saturated heterocycles. The average Bonchev–Trinajstić information content (AvgIpc) is 2.95. The van der Waals surface area contributed by atoms with Crippen molar-refractivity contribution in [3.63, 3.8) is 0 Å². The Morgan fingerprint density at radius 3 is 2.86 bits per heavy atom. The van der Waals surface area contributed by atoms with E-state index in [9.17, 15) is 0 Å². The number of halogens is 1. The van der Waals surface area contributed by atoms with Crippen LogP contribution in [0.15, 0.2) is 47.4 Å². The van der Waals surface area contributed by atoms with Crippen LogP contribution in [0, 0.1) is 0 Å². The van der Waals surface area contributed by atoms with Crippen molar-refractivity contribution in [2.75, 3.05) is 19.6 Å². The molecule has 1 atom stereocenters. The maximum absolute atomic E-state index is 6.02. The molecule has 0 fully saturated rings. The Balaban J connectivity index is 1.70. The average molecular weight is 322 g/mol. The molecule has 2 aromatic rings. The number of fused-ring (bicyclic) bond motifs is 1. The van der Waals surface area contributed by atoms with Gasteiger partial charge < -0.3 is 14.8 Å². The van der Waals surface area contributed by atoms with Crippen molar-refractivity contribution in [1.29, 1.82) is 0 Å². The van der Waals surface area contributed by atoms with Gasteiger partial charge in [0.15, 0.2) is 11.5 Å². The van der Waals surface area contributed by atoms with Crippen molar-refractivity contribution in [3.05, 3.63) is 53.1 Å². The monoisotopic (exact) mass is 321 g/mol. The number of ether oxygens (including phenoxy) is 2. The van der Waals surface area contributed by atoms with E-state index in [-0.39, 0.29) is 6.04 Å². The van der Waals surface area contributed by atoms with Gasteiger partial charge in [-0.15, -0.1) is 11.8 Å². The van der Waals surface area contributed by atoms with Gasteiger partial charge in [0, 0.05) is 21.7 Å². The number of hydrogen-bond acceptors (Lipinski definition) is 4. The van der Waals surface area contributed by atoms with Crippen molar-refractivity contribution in [1.82, 2.24) is 5.32 Å². The van der Waals surface area contributed by atoms with Gasteiger partial charge in [0.1, 0.15) is 0 Å². The van der Waals surface area contributed by atoms with E-state index in [2.05, 4.69) is 17.4 Å². The number of rotatable bonds is 5. The lowest BCUT2D eigenvalue weighted by atomic mass is 10.1. The van der Waals surface area contributed by atoms with E-state index >= 15 is 0 Å². The summed E-state index contributed by atoms with van der Waals surface area (Å²) in [5.74, 6) is 2.55. The predicted molar refractivity (Wildman–Crippen MR) is 86.5 cm³/mol. The molecule has 110 valence electrons. The highest BCUT2D eigenvalue weighted by molar-refractivity contribution is 7.99. The fraction of sp³-hybridized carbons (Fsp3) is 0.250. The van der Waals surface area contributed by atoms with Crippen LogP contribution in [0.5, 0.6) is 11.5 Å². The summed E-state index contributed by atoms with van der Waals surface area (Å²) in [6.45, 7) is 0.306. The van der Waals surface area contributed by atoms with Crippen LogP contribution in [0.3, 0.4) is 0 Å². The third kappa shape index (κ3) is 3.46. The molecule has 0 aliphatic carbocycles. The fourth-order valence-electron chi connectivity index (χ4n) is 2.21. The molecule has 2 aromatic carbocycles. The Labute approximate surface area is 133 Å². The number of hydrogen-bond donors (Lipinski definition) is 1. The third-order valence-corrected chi connectivity index (χ3v) is 4.68. The van der Waals surface area contributed by atoms with Crippen LogP contribution in [0.1, 0.15) is 11.6 Å². The standard InChI is InChI=1S/C16H16ClNO2S/c1-18-14(9-21-13-4-2-3-12(17)8-13)11-5-6-15-16(7-11)20-10-19-15/h2-8,14,18H,9-10H2,1H3. The Morgan fingerprint density at radius 2 is 2.05 bits per heavy atom. The molecule has 21 heavy (non-hydrogen) atoms. The van der Waals surface area contributed by atoms with Crippen molar-refractivity contribution < 1.29 is 9.47 Å². The van der Waals surface area contributed by atoms with Gasteiger partial charge in [-0.25, -0.2) is 0 Å². The molecule has 1 N–H and O–H groups in total. The highest BCUT2D eigenvalue weighted by Gasteiger charge is 2.17. The first-order valence-electron chi connectivity index (χ1n) is 6.71. The molecule has 5 heteroatoms. The van der Waals surface area contributed by atoms with Crippen molar-refractivity contribution in [2.45, 2.75) is 10.9 Å². The Bertz CT molecular complexity index is 635. The van der Waals surface area contributed by atoms with Crippen molar-refractivity contribution in [2.24, 2.45) is 0 Å². The molecule has 0 aromatic heterocycles. The normalized spacial score (nSPS) is 14.2. The van der Waals surface area contributed by atoms with E-state index < -0.39 is 0 Å². The quantitative estimate of drug-likeness (QED) is 0.839. The van der Waals surface area contributed by atoms with E-state index in [0.29, 0.717) is 6.79 Å². The van der Waals surface area contributed by atoms with Gasteiger partial charge in [0.2, 0.25) is 6.79 Å². The minimum Gasteiger partial charge on any atom is -0.454 e. The molecule has 0 bridgehead atoms. The first-order chi connectivity index (χ1) is 10.3. The molecule has 1 unspecified atom stereocenters. The lowest BCUT2D eigenvalue weighted by molar-refractivity contribution is 0.174.